The number of aromatic hydroxyl groups is 1. The number of carbonyl (C=O) groups is 1. The molecule has 2 aromatic carbocycles. The number of fused-ring (bicyclic) bond motifs is 1. The van der Waals surface area contributed by atoms with Crippen LogP contribution in [0.4, 0.5) is 10.2 Å². The number of rotatable bonds is 5. The van der Waals surface area contributed by atoms with E-state index in [1.54, 1.807) is 0 Å². The van der Waals surface area contributed by atoms with Gasteiger partial charge in [0.2, 0.25) is 5.91 Å². The molecule has 0 saturated carbocycles. The SMILES string of the molecule is Cc1ccc2c(N3CCC(NC(=O)[C@@H](O)CC(C)(C)C)CC3)nc(-c3c(O)cccc3F)nc2c1.[HH].[HH].[HH]. The average molecular weight is 487 g/mol. The summed E-state index contributed by atoms with van der Waals surface area (Å²) >= 11 is 0. The summed E-state index contributed by atoms with van der Waals surface area (Å²) in [5.74, 6) is -0.324. The van der Waals surface area contributed by atoms with Gasteiger partial charge < -0.3 is 20.4 Å². The Balaban J connectivity index is 0.00000241. The van der Waals surface area contributed by atoms with Gasteiger partial charge in [-0.2, -0.15) is 0 Å². The fourth-order valence-corrected chi connectivity index (χ4v) is 4.52. The fourth-order valence-electron chi connectivity index (χ4n) is 4.52. The highest BCUT2D eigenvalue weighted by Gasteiger charge is 2.28. The minimum Gasteiger partial charge on any atom is -0.507 e. The van der Waals surface area contributed by atoms with Crippen LogP contribution in [0.25, 0.3) is 22.3 Å². The highest BCUT2D eigenvalue weighted by molar-refractivity contribution is 5.92. The molecule has 1 atom stereocenters. The van der Waals surface area contributed by atoms with Gasteiger partial charge in [-0.1, -0.05) is 32.9 Å². The van der Waals surface area contributed by atoms with Crippen LogP contribution in [0.2, 0.25) is 0 Å². The van der Waals surface area contributed by atoms with Crippen LogP contribution in [0, 0.1) is 18.2 Å². The summed E-state index contributed by atoms with van der Waals surface area (Å²) in [4.78, 5) is 23.8. The van der Waals surface area contributed by atoms with Crippen LogP contribution in [-0.4, -0.2) is 51.3 Å². The minimum absolute atomic E-state index is 0. The first-order valence-electron chi connectivity index (χ1n) is 12.0. The Morgan fingerprint density at radius 1 is 1.23 bits per heavy atom. The number of hydrogen-bond donors (Lipinski definition) is 3. The van der Waals surface area contributed by atoms with E-state index in [4.69, 9.17) is 0 Å². The summed E-state index contributed by atoms with van der Waals surface area (Å²) < 4.78 is 14.6. The zero-order valence-electron chi connectivity index (χ0n) is 20.7. The summed E-state index contributed by atoms with van der Waals surface area (Å²) in [6.45, 7) is 9.19. The van der Waals surface area contributed by atoms with Crippen molar-refractivity contribution in [3.05, 3.63) is 47.8 Å². The molecule has 1 saturated heterocycles. The number of aliphatic hydroxyl groups excluding tert-OH is 1. The van der Waals surface area contributed by atoms with E-state index in [1.807, 2.05) is 45.9 Å². The van der Waals surface area contributed by atoms with Gasteiger partial charge in [0.05, 0.1) is 11.1 Å². The molecule has 0 aliphatic carbocycles. The van der Waals surface area contributed by atoms with Gasteiger partial charge in [0, 0.05) is 28.8 Å². The first-order chi connectivity index (χ1) is 16.5. The number of aliphatic hydroxyl groups is 1. The summed E-state index contributed by atoms with van der Waals surface area (Å²) in [7, 11) is 0. The lowest BCUT2D eigenvalue weighted by Gasteiger charge is -2.34. The Kier molecular flexibility index (Phi) is 6.94. The van der Waals surface area contributed by atoms with Crippen LogP contribution in [0.15, 0.2) is 36.4 Å². The predicted octanol–water partition coefficient (Wildman–Crippen LogP) is 5.07. The molecule has 4 rings (SSSR count). The van der Waals surface area contributed by atoms with Crippen LogP contribution < -0.4 is 10.2 Å². The molecule has 1 fully saturated rings. The molecule has 8 heteroatoms. The number of phenolic OH excluding ortho intramolecular Hbond substituents is 1. The van der Waals surface area contributed by atoms with E-state index in [0.717, 1.165) is 10.9 Å². The molecule has 1 aromatic heterocycles. The van der Waals surface area contributed by atoms with Gasteiger partial charge >= 0.3 is 0 Å². The third-order valence-corrected chi connectivity index (χ3v) is 6.30. The minimum atomic E-state index is -1.03. The Bertz CT molecular complexity index is 1230. The number of benzene rings is 2. The van der Waals surface area contributed by atoms with Crippen LogP contribution in [0.5, 0.6) is 5.75 Å². The lowest BCUT2D eigenvalue weighted by molar-refractivity contribution is -0.131. The molecule has 1 aliphatic heterocycles. The second-order valence-corrected chi connectivity index (χ2v) is 10.6. The van der Waals surface area contributed by atoms with Crippen molar-refractivity contribution in [3.8, 4) is 17.1 Å². The highest BCUT2D eigenvalue weighted by Crippen LogP contribution is 2.34. The summed E-state index contributed by atoms with van der Waals surface area (Å²) in [6, 6.07) is 9.97. The van der Waals surface area contributed by atoms with Crippen molar-refractivity contribution in [3.63, 3.8) is 0 Å². The Labute approximate surface area is 209 Å². The number of halogens is 1. The highest BCUT2D eigenvalue weighted by atomic mass is 19.1. The molecule has 7 nitrogen and oxygen atoms in total. The van der Waals surface area contributed by atoms with Crippen molar-refractivity contribution >= 4 is 22.6 Å². The normalized spacial score (nSPS) is 15.9. The largest absolute Gasteiger partial charge is 0.507 e. The number of aryl methyl sites for hydroxylation is 1. The first kappa shape index (κ1) is 24.9. The molecule has 0 bridgehead atoms. The summed E-state index contributed by atoms with van der Waals surface area (Å²) in [6.07, 6.45) is 0.741. The standard InChI is InChI=1S/C27H33FN4O3.3H2/c1-16-8-9-18-20(14-16)30-24(23-19(28)6-5-7-21(23)33)31-25(18)32-12-10-17(11-13-32)29-26(35)22(34)15-27(2,3)4;;;/h5-9,14,17,22,33-34H,10-13,15H2,1-4H3,(H,29,35);3*1H/t22-;;;/m0.../s1. The second-order valence-electron chi connectivity index (χ2n) is 10.6. The van der Waals surface area contributed by atoms with Crippen molar-refractivity contribution in [1.29, 1.82) is 0 Å². The van der Waals surface area contributed by atoms with Gasteiger partial charge in [-0.25, -0.2) is 14.4 Å². The molecule has 1 amide bonds. The molecule has 2 heterocycles. The third kappa shape index (κ3) is 5.70. The Morgan fingerprint density at radius 3 is 2.60 bits per heavy atom. The molecule has 0 radical (unpaired) electrons. The van der Waals surface area contributed by atoms with Gasteiger partial charge in [0.1, 0.15) is 23.5 Å². The molecule has 0 spiro atoms. The molecule has 3 N–H and O–H groups in total. The lowest BCUT2D eigenvalue weighted by atomic mass is 9.89. The van der Waals surface area contributed by atoms with Crippen LogP contribution in [0.3, 0.4) is 0 Å². The monoisotopic (exact) mass is 486 g/mol. The predicted molar refractivity (Wildman–Crippen MR) is 141 cm³/mol. The van der Waals surface area contributed by atoms with Crippen molar-refractivity contribution in [2.75, 3.05) is 18.0 Å². The van der Waals surface area contributed by atoms with E-state index in [1.165, 1.54) is 18.2 Å². The van der Waals surface area contributed by atoms with E-state index < -0.39 is 11.9 Å². The second kappa shape index (κ2) is 9.77. The third-order valence-electron chi connectivity index (χ3n) is 6.30. The van der Waals surface area contributed by atoms with E-state index in [9.17, 15) is 19.4 Å². The van der Waals surface area contributed by atoms with Crippen molar-refractivity contribution in [2.45, 2.75) is 59.1 Å². The molecular weight excluding hydrogens is 447 g/mol. The lowest BCUT2D eigenvalue weighted by Crippen LogP contribution is -2.48. The van der Waals surface area contributed by atoms with E-state index in [0.29, 0.717) is 43.7 Å². The Morgan fingerprint density at radius 2 is 1.94 bits per heavy atom. The van der Waals surface area contributed by atoms with Crippen molar-refractivity contribution < 1.29 is 23.7 Å². The van der Waals surface area contributed by atoms with Crippen molar-refractivity contribution in [1.82, 2.24) is 15.3 Å². The number of carbonyl (C=O) groups excluding carboxylic acids is 1. The maximum absolute atomic E-state index is 14.6. The van der Waals surface area contributed by atoms with Gasteiger partial charge in [0.15, 0.2) is 5.82 Å². The fraction of sp³-hybridized carbons (Fsp3) is 0.444. The zero-order chi connectivity index (χ0) is 25.3. The topological polar surface area (TPSA) is 98.6 Å². The van der Waals surface area contributed by atoms with Crippen LogP contribution in [-0.2, 0) is 4.79 Å². The quantitative estimate of drug-likeness (QED) is 0.466. The Hall–Kier alpha value is -3.26. The van der Waals surface area contributed by atoms with Crippen LogP contribution >= 0.6 is 0 Å². The summed E-state index contributed by atoms with van der Waals surface area (Å²) in [5, 5.41) is 24.4. The number of piperidine rings is 1. The van der Waals surface area contributed by atoms with Gasteiger partial charge in [-0.3, -0.25) is 4.79 Å². The smallest absolute Gasteiger partial charge is 0.249 e. The first-order valence-corrected chi connectivity index (χ1v) is 12.0. The van der Waals surface area contributed by atoms with Gasteiger partial charge in [-0.15, -0.1) is 0 Å². The molecular formula is C27H39FN4O3. The van der Waals surface area contributed by atoms with Gasteiger partial charge in [0.25, 0.3) is 0 Å². The number of amides is 1. The number of nitrogens with zero attached hydrogens (tertiary/aromatic N) is 3. The van der Waals surface area contributed by atoms with E-state index in [-0.39, 0.29) is 38.8 Å². The zero-order valence-corrected chi connectivity index (χ0v) is 20.7. The molecule has 192 valence electrons. The van der Waals surface area contributed by atoms with Crippen LogP contribution in [0.1, 0.15) is 49.9 Å². The molecule has 0 unspecified atom stereocenters. The molecule has 35 heavy (non-hydrogen) atoms. The average Bonchev–Trinajstić information content (AvgIpc) is 2.77. The maximum Gasteiger partial charge on any atom is 0.249 e. The van der Waals surface area contributed by atoms with Gasteiger partial charge in [-0.05, 0) is 61.4 Å². The number of anilines is 1. The molecule has 1 aliphatic rings. The number of phenols is 1. The van der Waals surface area contributed by atoms with Crippen molar-refractivity contribution in [2.24, 2.45) is 5.41 Å². The maximum atomic E-state index is 14.6. The van der Waals surface area contributed by atoms with E-state index >= 15 is 0 Å². The number of nitrogens with one attached hydrogen (secondary N) is 1. The summed E-state index contributed by atoms with van der Waals surface area (Å²) in [5.41, 5.74) is 1.53. The molecule has 3 aromatic rings. The number of aromatic nitrogens is 2. The number of hydrogen-bond acceptors (Lipinski definition) is 6. The van der Waals surface area contributed by atoms with E-state index in [2.05, 4.69) is 20.2 Å².